The van der Waals surface area contributed by atoms with E-state index in [-0.39, 0.29) is 0 Å². The summed E-state index contributed by atoms with van der Waals surface area (Å²) in [7, 11) is 2.22. The van der Waals surface area contributed by atoms with Crippen molar-refractivity contribution in [2.45, 2.75) is 31.4 Å². The number of halogens is 1. The average molecular weight is 325 g/mol. The molecule has 0 aromatic heterocycles. The molecule has 0 aliphatic carbocycles. The van der Waals surface area contributed by atoms with Gasteiger partial charge in [-0.1, -0.05) is 15.9 Å². The highest BCUT2D eigenvalue weighted by Crippen LogP contribution is 2.31. The van der Waals surface area contributed by atoms with Crippen LogP contribution in [0.15, 0.2) is 22.7 Å². The van der Waals surface area contributed by atoms with Crippen LogP contribution in [0.1, 0.15) is 18.4 Å². The maximum Gasteiger partial charge on any atom is 0.123 e. The molecular formula is C15H21BrN2O. The molecule has 104 valence electrons. The van der Waals surface area contributed by atoms with E-state index in [1.165, 1.54) is 24.9 Å². The topological polar surface area (TPSA) is 24.5 Å². The van der Waals surface area contributed by atoms with Crippen LogP contribution in [0, 0.1) is 0 Å². The van der Waals surface area contributed by atoms with Crippen molar-refractivity contribution in [1.82, 2.24) is 10.2 Å². The van der Waals surface area contributed by atoms with Gasteiger partial charge in [0.2, 0.25) is 0 Å². The van der Waals surface area contributed by atoms with Crippen molar-refractivity contribution in [3.8, 4) is 5.75 Å². The van der Waals surface area contributed by atoms with Crippen molar-refractivity contribution in [3.63, 3.8) is 0 Å². The Hall–Kier alpha value is -0.580. The Balaban J connectivity index is 1.57. The monoisotopic (exact) mass is 324 g/mol. The van der Waals surface area contributed by atoms with Gasteiger partial charge in [-0.05, 0) is 50.2 Å². The first kappa shape index (κ1) is 13.4. The van der Waals surface area contributed by atoms with Gasteiger partial charge in [0.25, 0.3) is 0 Å². The highest BCUT2D eigenvalue weighted by Gasteiger charge is 2.27. The zero-order chi connectivity index (χ0) is 13.2. The third-order valence-electron chi connectivity index (χ3n) is 4.15. The maximum absolute atomic E-state index is 6.04. The molecule has 2 atom stereocenters. The number of benzene rings is 1. The quantitative estimate of drug-likeness (QED) is 0.924. The molecule has 4 heteroatoms. The van der Waals surface area contributed by atoms with Crippen LogP contribution in [-0.2, 0) is 6.42 Å². The number of rotatable bonds is 3. The molecule has 3 nitrogen and oxygen atoms in total. The Morgan fingerprint density at radius 1 is 1.47 bits per heavy atom. The van der Waals surface area contributed by atoms with Gasteiger partial charge in [-0.3, -0.25) is 4.90 Å². The molecule has 2 unspecified atom stereocenters. The Kier molecular flexibility index (Phi) is 4.10. The number of ether oxygens (including phenoxy) is 1. The summed E-state index contributed by atoms with van der Waals surface area (Å²) in [6.07, 6.45) is 3.91. The van der Waals surface area contributed by atoms with E-state index in [1.807, 2.05) is 0 Å². The minimum Gasteiger partial charge on any atom is -0.488 e. The zero-order valence-electron chi connectivity index (χ0n) is 11.4. The summed E-state index contributed by atoms with van der Waals surface area (Å²) in [5.41, 5.74) is 1.33. The molecule has 1 N–H and O–H groups in total. The predicted molar refractivity (Wildman–Crippen MR) is 80.8 cm³/mol. The van der Waals surface area contributed by atoms with E-state index in [0.29, 0.717) is 12.1 Å². The van der Waals surface area contributed by atoms with Crippen molar-refractivity contribution < 1.29 is 4.74 Å². The lowest BCUT2D eigenvalue weighted by molar-refractivity contribution is 0.125. The van der Waals surface area contributed by atoms with Crippen LogP contribution in [-0.4, -0.2) is 43.7 Å². The second-order valence-corrected chi connectivity index (χ2v) is 6.55. The van der Waals surface area contributed by atoms with E-state index in [4.69, 9.17) is 4.74 Å². The molecule has 0 radical (unpaired) electrons. The van der Waals surface area contributed by atoms with E-state index in [9.17, 15) is 0 Å². The molecule has 19 heavy (non-hydrogen) atoms. The van der Waals surface area contributed by atoms with E-state index in [1.54, 1.807) is 0 Å². The summed E-state index contributed by atoms with van der Waals surface area (Å²) >= 11 is 3.52. The summed E-state index contributed by atoms with van der Waals surface area (Å²) in [6, 6.07) is 6.96. The molecule has 0 amide bonds. The lowest BCUT2D eigenvalue weighted by Crippen LogP contribution is -2.47. The summed E-state index contributed by atoms with van der Waals surface area (Å²) in [4.78, 5) is 2.46. The molecule has 1 fully saturated rings. The fourth-order valence-corrected chi connectivity index (χ4v) is 3.48. The van der Waals surface area contributed by atoms with Crippen molar-refractivity contribution in [1.29, 1.82) is 0 Å². The molecular weight excluding hydrogens is 304 g/mol. The van der Waals surface area contributed by atoms with Gasteiger partial charge in [-0.15, -0.1) is 0 Å². The minimum atomic E-state index is 0.302. The normalized spacial score (nSPS) is 26.3. The molecule has 2 aliphatic rings. The number of hydrogen-bond donors (Lipinski definition) is 1. The summed E-state index contributed by atoms with van der Waals surface area (Å²) in [5, 5.41) is 3.48. The van der Waals surface area contributed by atoms with Gasteiger partial charge in [0, 0.05) is 30.0 Å². The van der Waals surface area contributed by atoms with Crippen LogP contribution in [0.3, 0.4) is 0 Å². The summed E-state index contributed by atoms with van der Waals surface area (Å²) < 4.78 is 7.18. The Labute approximate surface area is 123 Å². The lowest BCUT2D eigenvalue weighted by atomic mass is 10.1. The van der Waals surface area contributed by atoms with Gasteiger partial charge < -0.3 is 10.1 Å². The average Bonchev–Trinajstić information content (AvgIpc) is 2.81. The number of likely N-dealkylation sites (N-methyl/N-ethyl adjacent to an activating group) is 1. The van der Waals surface area contributed by atoms with Crippen LogP contribution in [0.2, 0.25) is 0 Å². The summed E-state index contributed by atoms with van der Waals surface area (Å²) in [6.45, 7) is 3.30. The third kappa shape index (κ3) is 3.12. The van der Waals surface area contributed by atoms with Crippen LogP contribution in [0.25, 0.3) is 0 Å². The smallest absolute Gasteiger partial charge is 0.123 e. The summed E-state index contributed by atoms with van der Waals surface area (Å²) in [5.74, 6) is 1.06. The van der Waals surface area contributed by atoms with Crippen molar-refractivity contribution >= 4 is 15.9 Å². The molecule has 1 aromatic carbocycles. The Morgan fingerprint density at radius 2 is 2.37 bits per heavy atom. The number of nitrogens with one attached hydrogen (secondary N) is 1. The van der Waals surface area contributed by atoms with Crippen LogP contribution < -0.4 is 10.1 Å². The van der Waals surface area contributed by atoms with Gasteiger partial charge in [0.05, 0.1) is 0 Å². The fourth-order valence-electron chi connectivity index (χ4n) is 3.07. The van der Waals surface area contributed by atoms with Crippen molar-refractivity contribution in [2.75, 3.05) is 26.7 Å². The molecule has 0 bridgehead atoms. The van der Waals surface area contributed by atoms with Crippen LogP contribution in [0.5, 0.6) is 5.75 Å². The SMILES string of the molecule is CN(CC1Cc2cc(Br)ccc2O1)C1CCCNC1. The molecule has 1 saturated heterocycles. The zero-order valence-corrected chi connectivity index (χ0v) is 12.9. The predicted octanol–water partition coefficient (Wildman–Crippen LogP) is 2.44. The van der Waals surface area contributed by atoms with Crippen LogP contribution in [0.4, 0.5) is 0 Å². The van der Waals surface area contributed by atoms with E-state index < -0.39 is 0 Å². The fraction of sp³-hybridized carbons (Fsp3) is 0.600. The van der Waals surface area contributed by atoms with Gasteiger partial charge in [0.15, 0.2) is 0 Å². The highest BCUT2D eigenvalue weighted by molar-refractivity contribution is 9.10. The molecule has 1 aromatic rings. The molecule has 0 saturated carbocycles. The first-order chi connectivity index (χ1) is 9.22. The highest BCUT2D eigenvalue weighted by atomic mass is 79.9. The Bertz CT molecular complexity index is 446. The van der Waals surface area contributed by atoms with Crippen molar-refractivity contribution in [2.24, 2.45) is 0 Å². The number of fused-ring (bicyclic) bond motifs is 1. The van der Waals surface area contributed by atoms with E-state index in [2.05, 4.69) is 51.4 Å². The number of hydrogen-bond acceptors (Lipinski definition) is 3. The maximum atomic E-state index is 6.04. The third-order valence-corrected chi connectivity index (χ3v) is 4.64. The van der Waals surface area contributed by atoms with Gasteiger partial charge >= 0.3 is 0 Å². The van der Waals surface area contributed by atoms with E-state index in [0.717, 1.165) is 29.7 Å². The second kappa shape index (κ2) is 5.81. The first-order valence-electron chi connectivity index (χ1n) is 7.08. The minimum absolute atomic E-state index is 0.302. The number of nitrogens with zero attached hydrogens (tertiary/aromatic N) is 1. The molecule has 2 heterocycles. The van der Waals surface area contributed by atoms with E-state index >= 15 is 0 Å². The van der Waals surface area contributed by atoms with Gasteiger partial charge in [-0.25, -0.2) is 0 Å². The lowest BCUT2D eigenvalue weighted by Gasteiger charge is -2.33. The largest absolute Gasteiger partial charge is 0.488 e. The van der Waals surface area contributed by atoms with Gasteiger partial charge in [-0.2, -0.15) is 0 Å². The molecule has 3 rings (SSSR count). The first-order valence-corrected chi connectivity index (χ1v) is 7.88. The molecule has 2 aliphatic heterocycles. The number of piperidine rings is 1. The Morgan fingerprint density at radius 3 is 3.16 bits per heavy atom. The van der Waals surface area contributed by atoms with Gasteiger partial charge in [0.1, 0.15) is 11.9 Å². The molecule has 0 spiro atoms. The standard InChI is InChI=1S/C15H21BrN2O/c1-18(13-3-2-6-17-9-13)10-14-8-11-7-12(16)4-5-15(11)19-14/h4-5,7,13-14,17H,2-3,6,8-10H2,1H3. The van der Waals surface area contributed by atoms with Crippen LogP contribution >= 0.6 is 15.9 Å². The second-order valence-electron chi connectivity index (χ2n) is 5.64. The van der Waals surface area contributed by atoms with Crippen molar-refractivity contribution in [3.05, 3.63) is 28.2 Å².